The Kier molecular flexibility index (Phi) is 3.56. The molecular formula is C11H14FNO2S. The van der Waals surface area contributed by atoms with Gasteiger partial charge in [-0.3, -0.25) is 4.21 Å². The summed E-state index contributed by atoms with van der Waals surface area (Å²) in [7, 11) is -1.31. The highest BCUT2D eigenvalue weighted by molar-refractivity contribution is 7.85. The molecule has 1 aromatic carbocycles. The van der Waals surface area contributed by atoms with E-state index >= 15 is 0 Å². The summed E-state index contributed by atoms with van der Waals surface area (Å²) >= 11 is 0. The molecule has 0 spiro atoms. The summed E-state index contributed by atoms with van der Waals surface area (Å²) in [6.07, 6.45) is 2.40. The summed E-state index contributed by atoms with van der Waals surface area (Å²) in [4.78, 5) is 0.442. The van der Waals surface area contributed by atoms with Crippen molar-refractivity contribution in [3.8, 4) is 0 Å². The van der Waals surface area contributed by atoms with Gasteiger partial charge in [-0.1, -0.05) is 0 Å². The zero-order valence-electron chi connectivity index (χ0n) is 8.82. The number of nitrogens with two attached hydrogens (primary N) is 1. The van der Waals surface area contributed by atoms with Crippen LogP contribution in [0.5, 0.6) is 0 Å². The van der Waals surface area contributed by atoms with E-state index in [2.05, 4.69) is 0 Å². The maximum absolute atomic E-state index is 12.8. The number of halogens is 1. The van der Waals surface area contributed by atoms with Crippen LogP contribution in [0.25, 0.3) is 0 Å². The largest absolute Gasteiger partial charge is 0.398 e. The molecule has 1 unspecified atom stereocenters. The van der Waals surface area contributed by atoms with Crippen molar-refractivity contribution in [3.63, 3.8) is 0 Å². The van der Waals surface area contributed by atoms with Gasteiger partial charge in [0.25, 0.3) is 0 Å². The van der Waals surface area contributed by atoms with E-state index < -0.39 is 16.6 Å². The first-order valence-electron chi connectivity index (χ1n) is 5.18. The third kappa shape index (κ3) is 3.02. The Morgan fingerprint density at radius 1 is 1.50 bits per heavy atom. The predicted molar refractivity (Wildman–Crippen MR) is 60.8 cm³/mol. The molecule has 1 aliphatic rings. The van der Waals surface area contributed by atoms with Crippen LogP contribution in [-0.4, -0.2) is 16.8 Å². The van der Waals surface area contributed by atoms with E-state index in [9.17, 15) is 8.60 Å². The average Bonchev–Trinajstić information content (AvgIpc) is 3.01. The second-order valence-electron chi connectivity index (χ2n) is 3.96. The minimum Gasteiger partial charge on any atom is -0.398 e. The van der Waals surface area contributed by atoms with E-state index in [0.29, 0.717) is 17.4 Å². The van der Waals surface area contributed by atoms with Gasteiger partial charge in [0.1, 0.15) is 11.8 Å². The maximum Gasteiger partial charge on any atom is 0.126 e. The molecule has 1 aromatic rings. The van der Waals surface area contributed by atoms with Crippen molar-refractivity contribution >= 4 is 16.5 Å². The van der Waals surface area contributed by atoms with Crippen LogP contribution in [0.1, 0.15) is 12.8 Å². The second kappa shape index (κ2) is 4.93. The number of hydrogen-bond acceptors (Lipinski definition) is 3. The van der Waals surface area contributed by atoms with Crippen LogP contribution in [0.15, 0.2) is 23.1 Å². The lowest BCUT2D eigenvalue weighted by Crippen LogP contribution is -2.07. The molecular weight excluding hydrogens is 229 g/mol. The number of anilines is 1. The van der Waals surface area contributed by atoms with Gasteiger partial charge in [-0.05, 0) is 37.0 Å². The molecule has 0 bridgehead atoms. The van der Waals surface area contributed by atoms with Crippen LogP contribution in [0.2, 0.25) is 0 Å². The van der Waals surface area contributed by atoms with E-state index in [0.717, 1.165) is 0 Å². The molecule has 1 atom stereocenters. The summed E-state index contributed by atoms with van der Waals surface area (Å²) in [5, 5.41) is 0. The standard InChI is InChI=1S/C11H14FNO2S/c12-9-3-4-11(10(13)5-9)16(14)7-15-6-8-1-2-8/h3-5,8H,1-2,6-7,13H2. The third-order valence-corrected chi connectivity index (χ3v) is 3.70. The third-order valence-electron chi connectivity index (χ3n) is 2.46. The maximum atomic E-state index is 12.8. The summed E-state index contributed by atoms with van der Waals surface area (Å²) < 4.78 is 29.8. The average molecular weight is 243 g/mol. The van der Waals surface area contributed by atoms with Gasteiger partial charge in [0, 0.05) is 0 Å². The topological polar surface area (TPSA) is 52.3 Å². The molecule has 1 fully saturated rings. The number of hydrogen-bond donors (Lipinski definition) is 1. The monoisotopic (exact) mass is 243 g/mol. The Balaban J connectivity index is 1.91. The molecule has 0 saturated heterocycles. The Morgan fingerprint density at radius 3 is 2.88 bits per heavy atom. The molecule has 0 amide bonds. The van der Waals surface area contributed by atoms with Crippen molar-refractivity contribution in [1.82, 2.24) is 0 Å². The number of benzene rings is 1. The minimum atomic E-state index is -1.31. The van der Waals surface area contributed by atoms with E-state index in [1.807, 2.05) is 0 Å². The molecule has 3 nitrogen and oxygen atoms in total. The highest BCUT2D eigenvalue weighted by Crippen LogP contribution is 2.29. The van der Waals surface area contributed by atoms with Gasteiger partial charge in [0.2, 0.25) is 0 Å². The minimum absolute atomic E-state index is 0.131. The fourth-order valence-corrected chi connectivity index (χ4v) is 2.28. The molecule has 0 heterocycles. The van der Waals surface area contributed by atoms with Gasteiger partial charge in [0.05, 0.1) is 28.0 Å². The van der Waals surface area contributed by atoms with Crippen LogP contribution >= 0.6 is 0 Å². The van der Waals surface area contributed by atoms with E-state index in [1.165, 1.54) is 31.0 Å². The van der Waals surface area contributed by atoms with Gasteiger partial charge in [0.15, 0.2) is 0 Å². The molecule has 2 N–H and O–H groups in total. The van der Waals surface area contributed by atoms with Crippen LogP contribution in [0, 0.1) is 11.7 Å². The first-order valence-corrected chi connectivity index (χ1v) is 6.50. The van der Waals surface area contributed by atoms with Crippen LogP contribution < -0.4 is 5.73 Å². The van der Waals surface area contributed by atoms with Crippen molar-refractivity contribution in [3.05, 3.63) is 24.0 Å². The first-order chi connectivity index (χ1) is 7.66. The van der Waals surface area contributed by atoms with Gasteiger partial charge < -0.3 is 10.5 Å². The lowest BCUT2D eigenvalue weighted by molar-refractivity contribution is 0.168. The fourth-order valence-electron chi connectivity index (χ4n) is 1.37. The summed E-state index contributed by atoms with van der Waals surface area (Å²) in [6, 6.07) is 3.87. The number of rotatable bonds is 5. The predicted octanol–water partition coefficient (Wildman–Crippen LogP) is 1.90. The van der Waals surface area contributed by atoms with Gasteiger partial charge in [-0.15, -0.1) is 0 Å². The van der Waals surface area contributed by atoms with Gasteiger partial charge in [-0.25, -0.2) is 4.39 Å². The molecule has 1 aliphatic carbocycles. The molecule has 0 aromatic heterocycles. The highest BCUT2D eigenvalue weighted by Gasteiger charge is 2.21. The van der Waals surface area contributed by atoms with Crippen molar-refractivity contribution in [2.45, 2.75) is 17.7 Å². The van der Waals surface area contributed by atoms with Crippen molar-refractivity contribution in [1.29, 1.82) is 0 Å². The first kappa shape index (κ1) is 11.5. The normalized spacial score (nSPS) is 17.3. The smallest absolute Gasteiger partial charge is 0.126 e. The van der Waals surface area contributed by atoms with Crippen molar-refractivity contribution in [2.24, 2.45) is 5.92 Å². The zero-order chi connectivity index (χ0) is 11.5. The van der Waals surface area contributed by atoms with Gasteiger partial charge in [-0.2, -0.15) is 0 Å². The quantitative estimate of drug-likeness (QED) is 0.804. The van der Waals surface area contributed by atoms with Crippen LogP contribution in [-0.2, 0) is 15.5 Å². The lowest BCUT2D eigenvalue weighted by Gasteiger charge is -2.06. The molecule has 5 heteroatoms. The molecule has 1 saturated carbocycles. The van der Waals surface area contributed by atoms with Crippen LogP contribution in [0.3, 0.4) is 0 Å². The Hall–Kier alpha value is -0.940. The Labute approximate surface area is 96.2 Å². The van der Waals surface area contributed by atoms with E-state index in [4.69, 9.17) is 10.5 Å². The summed E-state index contributed by atoms with van der Waals surface area (Å²) in [5.74, 6) is 0.353. The summed E-state index contributed by atoms with van der Waals surface area (Å²) in [5.41, 5.74) is 5.79. The van der Waals surface area contributed by atoms with Gasteiger partial charge >= 0.3 is 0 Å². The number of ether oxygens (including phenoxy) is 1. The van der Waals surface area contributed by atoms with E-state index in [-0.39, 0.29) is 11.6 Å². The Morgan fingerprint density at radius 2 is 2.25 bits per heavy atom. The molecule has 88 valence electrons. The molecule has 16 heavy (non-hydrogen) atoms. The lowest BCUT2D eigenvalue weighted by atomic mass is 10.3. The second-order valence-corrected chi connectivity index (χ2v) is 5.33. The molecule has 0 aliphatic heterocycles. The molecule has 0 radical (unpaired) electrons. The van der Waals surface area contributed by atoms with Crippen molar-refractivity contribution in [2.75, 3.05) is 18.3 Å². The van der Waals surface area contributed by atoms with Crippen LogP contribution in [0.4, 0.5) is 10.1 Å². The number of nitrogen functional groups attached to an aromatic ring is 1. The SMILES string of the molecule is Nc1cc(F)ccc1S(=O)COCC1CC1. The molecule has 2 rings (SSSR count). The summed E-state index contributed by atoms with van der Waals surface area (Å²) in [6.45, 7) is 0.660. The fraction of sp³-hybridized carbons (Fsp3) is 0.455. The Bertz CT molecular complexity index is 407. The van der Waals surface area contributed by atoms with E-state index in [1.54, 1.807) is 0 Å². The highest BCUT2D eigenvalue weighted by atomic mass is 32.2. The zero-order valence-corrected chi connectivity index (χ0v) is 9.63. The van der Waals surface area contributed by atoms with Crippen molar-refractivity contribution < 1.29 is 13.3 Å².